The van der Waals surface area contributed by atoms with Gasteiger partial charge in [0.15, 0.2) is 5.78 Å². The SMILES string of the molecule is CC(=O)c1cccc(NC(=O)N2CC(C)OC(c3ccccc3)C2)c1. The average molecular weight is 338 g/mol. The summed E-state index contributed by atoms with van der Waals surface area (Å²) in [5.74, 6) is -0.0276. The Balaban J connectivity index is 1.71. The number of nitrogens with zero attached hydrogens (tertiary/aromatic N) is 1. The normalized spacial score (nSPS) is 20.2. The first kappa shape index (κ1) is 17.2. The number of rotatable bonds is 3. The molecular formula is C20H22N2O3. The predicted octanol–water partition coefficient (Wildman–Crippen LogP) is 3.88. The van der Waals surface area contributed by atoms with Gasteiger partial charge in [-0.05, 0) is 31.5 Å². The number of morpholine rings is 1. The third kappa shape index (κ3) is 4.25. The molecule has 0 spiro atoms. The number of ether oxygens (including phenoxy) is 1. The van der Waals surface area contributed by atoms with Crippen molar-refractivity contribution >= 4 is 17.5 Å². The molecule has 25 heavy (non-hydrogen) atoms. The Bertz CT molecular complexity index is 761. The van der Waals surface area contributed by atoms with E-state index in [2.05, 4.69) is 5.32 Å². The monoisotopic (exact) mass is 338 g/mol. The van der Waals surface area contributed by atoms with Crippen molar-refractivity contribution in [2.75, 3.05) is 18.4 Å². The van der Waals surface area contributed by atoms with Gasteiger partial charge in [0.1, 0.15) is 6.10 Å². The molecule has 2 aromatic rings. The van der Waals surface area contributed by atoms with Gasteiger partial charge in [-0.15, -0.1) is 0 Å². The average Bonchev–Trinajstić information content (AvgIpc) is 2.62. The number of hydrogen-bond acceptors (Lipinski definition) is 3. The number of carbonyl (C=O) groups is 2. The fraction of sp³-hybridized carbons (Fsp3) is 0.300. The van der Waals surface area contributed by atoms with Crippen LogP contribution in [0.1, 0.15) is 35.9 Å². The number of nitrogens with one attached hydrogen (secondary N) is 1. The summed E-state index contributed by atoms with van der Waals surface area (Å²) in [6, 6.07) is 16.7. The second-order valence-corrected chi connectivity index (χ2v) is 6.32. The Labute approximate surface area is 147 Å². The number of carbonyl (C=O) groups excluding carboxylic acids is 2. The van der Waals surface area contributed by atoms with Gasteiger partial charge in [0.2, 0.25) is 0 Å². The van der Waals surface area contributed by atoms with Crippen LogP contribution >= 0.6 is 0 Å². The number of hydrogen-bond donors (Lipinski definition) is 1. The Morgan fingerprint density at radius 3 is 2.56 bits per heavy atom. The summed E-state index contributed by atoms with van der Waals surface area (Å²) >= 11 is 0. The van der Waals surface area contributed by atoms with Gasteiger partial charge in [-0.1, -0.05) is 42.5 Å². The number of benzene rings is 2. The van der Waals surface area contributed by atoms with E-state index in [4.69, 9.17) is 4.74 Å². The van der Waals surface area contributed by atoms with Gasteiger partial charge in [0.25, 0.3) is 0 Å². The molecule has 5 nitrogen and oxygen atoms in total. The van der Waals surface area contributed by atoms with E-state index >= 15 is 0 Å². The van der Waals surface area contributed by atoms with Crippen LogP contribution in [0.3, 0.4) is 0 Å². The second-order valence-electron chi connectivity index (χ2n) is 6.32. The largest absolute Gasteiger partial charge is 0.367 e. The molecule has 1 aliphatic rings. The fourth-order valence-electron chi connectivity index (χ4n) is 2.99. The van der Waals surface area contributed by atoms with E-state index in [-0.39, 0.29) is 24.0 Å². The van der Waals surface area contributed by atoms with Crippen LogP contribution in [-0.4, -0.2) is 35.9 Å². The van der Waals surface area contributed by atoms with Gasteiger partial charge >= 0.3 is 6.03 Å². The van der Waals surface area contributed by atoms with Gasteiger partial charge in [0, 0.05) is 17.8 Å². The van der Waals surface area contributed by atoms with Crippen LogP contribution in [0.25, 0.3) is 0 Å². The lowest BCUT2D eigenvalue weighted by Crippen LogP contribution is -2.47. The van der Waals surface area contributed by atoms with Crippen molar-refractivity contribution in [3.8, 4) is 0 Å². The highest BCUT2D eigenvalue weighted by Crippen LogP contribution is 2.25. The first-order valence-electron chi connectivity index (χ1n) is 8.40. The topological polar surface area (TPSA) is 58.6 Å². The van der Waals surface area contributed by atoms with Crippen molar-refractivity contribution < 1.29 is 14.3 Å². The van der Waals surface area contributed by atoms with Crippen LogP contribution in [0.4, 0.5) is 10.5 Å². The van der Waals surface area contributed by atoms with E-state index in [1.807, 2.05) is 37.3 Å². The van der Waals surface area contributed by atoms with Crippen LogP contribution in [0.5, 0.6) is 0 Å². The minimum atomic E-state index is -0.184. The molecule has 2 amide bonds. The molecule has 0 radical (unpaired) electrons. The third-order valence-corrected chi connectivity index (χ3v) is 4.24. The van der Waals surface area contributed by atoms with Crippen LogP contribution in [0.15, 0.2) is 54.6 Å². The molecule has 2 aromatic carbocycles. The summed E-state index contributed by atoms with van der Waals surface area (Å²) in [4.78, 5) is 25.9. The Morgan fingerprint density at radius 1 is 1.08 bits per heavy atom. The van der Waals surface area contributed by atoms with Crippen molar-refractivity contribution in [2.45, 2.75) is 26.1 Å². The van der Waals surface area contributed by atoms with Gasteiger partial charge in [-0.25, -0.2) is 4.79 Å². The smallest absolute Gasteiger partial charge is 0.322 e. The van der Waals surface area contributed by atoms with Crippen molar-refractivity contribution in [1.29, 1.82) is 0 Å². The van der Waals surface area contributed by atoms with Gasteiger partial charge in [-0.3, -0.25) is 4.79 Å². The summed E-state index contributed by atoms with van der Waals surface area (Å²) in [5.41, 5.74) is 2.26. The number of anilines is 1. The Hall–Kier alpha value is -2.66. The summed E-state index contributed by atoms with van der Waals surface area (Å²) in [6.45, 7) is 4.49. The minimum absolute atomic E-state index is 0.0276. The zero-order chi connectivity index (χ0) is 17.8. The highest BCUT2D eigenvalue weighted by molar-refractivity contribution is 5.96. The first-order valence-corrected chi connectivity index (χ1v) is 8.40. The van der Waals surface area contributed by atoms with Gasteiger partial charge < -0.3 is 15.0 Å². The molecule has 5 heteroatoms. The summed E-state index contributed by atoms with van der Waals surface area (Å²) in [7, 11) is 0. The van der Waals surface area contributed by atoms with Crippen molar-refractivity contribution in [3.05, 3.63) is 65.7 Å². The number of Topliss-reactive ketones (excluding diaryl/α,β-unsaturated/α-hetero) is 1. The lowest BCUT2D eigenvalue weighted by atomic mass is 10.1. The van der Waals surface area contributed by atoms with Gasteiger partial charge in [0.05, 0.1) is 12.6 Å². The van der Waals surface area contributed by atoms with E-state index in [9.17, 15) is 9.59 Å². The summed E-state index contributed by atoms with van der Waals surface area (Å²) in [5, 5.41) is 2.88. The molecular weight excluding hydrogens is 316 g/mol. The van der Waals surface area contributed by atoms with Crippen LogP contribution in [-0.2, 0) is 4.74 Å². The van der Waals surface area contributed by atoms with E-state index in [0.717, 1.165) is 5.56 Å². The van der Waals surface area contributed by atoms with E-state index in [0.29, 0.717) is 24.3 Å². The molecule has 1 N–H and O–H groups in total. The molecule has 0 aromatic heterocycles. The second kappa shape index (κ2) is 7.49. The highest BCUT2D eigenvalue weighted by Gasteiger charge is 2.29. The van der Waals surface area contributed by atoms with Crippen LogP contribution in [0.2, 0.25) is 0 Å². The van der Waals surface area contributed by atoms with Crippen molar-refractivity contribution in [2.24, 2.45) is 0 Å². The highest BCUT2D eigenvalue weighted by atomic mass is 16.5. The molecule has 3 rings (SSSR count). The molecule has 0 aliphatic carbocycles. The zero-order valence-electron chi connectivity index (χ0n) is 14.4. The Morgan fingerprint density at radius 2 is 1.84 bits per heavy atom. The standard InChI is InChI=1S/C20H22N2O3/c1-14-12-22(13-19(25-14)16-7-4-3-5-8-16)20(24)21-18-10-6-9-17(11-18)15(2)23/h3-11,14,19H,12-13H2,1-2H3,(H,21,24). The minimum Gasteiger partial charge on any atom is -0.367 e. The number of ketones is 1. The molecule has 1 saturated heterocycles. The maximum Gasteiger partial charge on any atom is 0.322 e. The molecule has 1 heterocycles. The van der Waals surface area contributed by atoms with Gasteiger partial charge in [-0.2, -0.15) is 0 Å². The quantitative estimate of drug-likeness (QED) is 0.864. The Kier molecular flexibility index (Phi) is 5.14. The summed E-state index contributed by atoms with van der Waals surface area (Å²) in [6.07, 6.45) is -0.187. The lowest BCUT2D eigenvalue weighted by Gasteiger charge is -2.37. The zero-order valence-corrected chi connectivity index (χ0v) is 14.4. The number of amides is 2. The predicted molar refractivity (Wildman–Crippen MR) is 96.8 cm³/mol. The van der Waals surface area contributed by atoms with E-state index in [1.54, 1.807) is 29.2 Å². The molecule has 0 bridgehead atoms. The molecule has 1 aliphatic heterocycles. The van der Waals surface area contributed by atoms with Crippen molar-refractivity contribution in [3.63, 3.8) is 0 Å². The maximum atomic E-state index is 12.6. The first-order chi connectivity index (χ1) is 12.0. The van der Waals surface area contributed by atoms with Crippen molar-refractivity contribution in [1.82, 2.24) is 4.90 Å². The molecule has 2 atom stereocenters. The van der Waals surface area contributed by atoms with E-state index in [1.165, 1.54) is 6.92 Å². The molecule has 130 valence electrons. The van der Waals surface area contributed by atoms with Crippen LogP contribution < -0.4 is 5.32 Å². The maximum absolute atomic E-state index is 12.6. The third-order valence-electron chi connectivity index (χ3n) is 4.24. The van der Waals surface area contributed by atoms with Crippen LogP contribution in [0, 0.1) is 0 Å². The van der Waals surface area contributed by atoms with E-state index < -0.39 is 0 Å². The molecule has 1 fully saturated rings. The number of urea groups is 1. The molecule has 2 unspecified atom stereocenters. The molecule has 0 saturated carbocycles. The lowest BCUT2D eigenvalue weighted by molar-refractivity contribution is -0.0642. The summed E-state index contributed by atoms with van der Waals surface area (Å²) < 4.78 is 5.99. The fourth-order valence-corrected chi connectivity index (χ4v) is 2.99.